The van der Waals surface area contributed by atoms with Gasteiger partial charge in [0.05, 0.1) is 18.8 Å². The lowest BCUT2D eigenvalue weighted by Crippen LogP contribution is -2.51. The molecule has 1 saturated heterocycles. The predicted molar refractivity (Wildman–Crippen MR) is 74.4 cm³/mol. The van der Waals surface area contributed by atoms with Crippen LogP contribution < -0.4 is 0 Å². The number of alkyl halides is 1. The van der Waals surface area contributed by atoms with Gasteiger partial charge in [-0.1, -0.05) is 12.1 Å². The molecule has 1 aromatic rings. The molecule has 2 fully saturated rings. The SMILES string of the molecule is O=C(c1ccc(CCl)cc1)N1CCOC2CCCC21. The van der Waals surface area contributed by atoms with E-state index in [0.717, 1.165) is 30.4 Å². The van der Waals surface area contributed by atoms with E-state index in [9.17, 15) is 4.79 Å². The fourth-order valence-electron chi connectivity index (χ4n) is 3.08. The molecule has 2 atom stereocenters. The highest BCUT2D eigenvalue weighted by Gasteiger charge is 2.38. The Kier molecular flexibility index (Phi) is 3.76. The van der Waals surface area contributed by atoms with Crippen LogP contribution in [-0.2, 0) is 10.6 Å². The second-order valence-electron chi connectivity index (χ2n) is 5.24. The molecule has 0 spiro atoms. The minimum Gasteiger partial charge on any atom is -0.374 e. The van der Waals surface area contributed by atoms with Gasteiger partial charge in [-0.05, 0) is 37.0 Å². The third-order valence-corrected chi connectivity index (χ3v) is 4.41. The number of amides is 1. The van der Waals surface area contributed by atoms with Gasteiger partial charge in [0.1, 0.15) is 0 Å². The Bertz CT molecular complexity index is 460. The Hall–Kier alpha value is -1.06. The molecule has 4 heteroatoms. The quantitative estimate of drug-likeness (QED) is 0.779. The van der Waals surface area contributed by atoms with Crippen LogP contribution in [0.3, 0.4) is 0 Å². The number of rotatable bonds is 2. The predicted octanol–water partition coefficient (Wildman–Crippen LogP) is 2.82. The average molecular weight is 280 g/mol. The van der Waals surface area contributed by atoms with Crippen molar-refractivity contribution in [2.45, 2.75) is 37.3 Å². The van der Waals surface area contributed by atoms with Gasteiger partial charge in [0.2, 0.25) is 0 Å². The van der Waals surface area contributed by atoms with Crippen LogP contribution in [0.5, 0.6) is 0 Å². The fraction of sp³-hybridized carbons (Fsp3) is 0.533. The van der Waals surface area contributed by atoms with Crippen LogP contribution >= 0.6 is 11.6 Å². The normalized spacial score (nSPS) is 26.3. The number of hydrogen-bond acceptors (Lipinski definition) is 2. The maximum absolute atomic E-state index is 12.6. The lowest BCUT2D eigenvalue weighted by Gasteiger charge is -2.37. The van der Waals surface area contributed by atoms with Crippen molar-refractivity contribution in [1.82, 2.24) is 4.90 Å². The summed E-state index contributed by atoms with van der Waals surface area (Å²) in [7, 11) is 0. The zero-order valence-corrected chi connectivity index (χ0v) is 11.6. The first-order chi connectivity index (χ1) is 9.29. The first-order valence-electron chi connectivity index (χ1n) is 6.87. The van der Waals surface area contributed by atoms with Gasteiger partial charge in [0, 0.05) is 18.0 Å². The molecular formula is C15H18ClNO2. The van der Waals surface area contributed by atoms with Crippen LogP contribution in [-0.4, -0.2) is 36.1 Å². The molecule has 0 aromatic heterocycles. The Morgan fingerprint density at radius 2 is 2.11 bits per heavy atom. The highest BCUT2D eigenvalue weighted by molar-refractivity contribution is 6.17. The summed E-state index contributed by atoms with van der Waals surface area (Å²) < 4.78 is 5.74. The molecule has 3 rings (SSSR count). The summed E-state index contributed by atoms with van der Waals surface area (Å²) in [6, 6.07) is 7.87. The molecule has 1 aliphatic heterocycles. The van der Waals surface area contributed by atoms with Gasteiger partial charge in [-0.25, -0.2) is 0 Å². The van der Waals surface area contributed by atoms with Crippen LogP contribution in [0.1, 0.15) is 35.2 Å². The molecule has 0 N–H and O–H groups in total. The standard InChI is InChI=1S/C15H18ClNO2/c16-10-11-4-6-12(7-5-11)15(18)17-8-9-19-14-3-1-2-13(14)17/h4-7,13-14H,1-3,8-10H2. The zero-order chi connectivity index (χ0) is 13.2. The van der Waals surface area contributed by atoms with Gasteiger partial charge < -0.3 is 9.64 Å². The maximum atomic E-state index is 12.6. The number of carbonyl (C=O) groups is 1. The third kappa shape index (κ3) is 2.49. The molecule has 1 aliphatic carbocycles. The van der Waals surface area contributed by atoms with Crippen molar-refractivity contribution in [3.05, 3.63) is 35.4 Å². The molecule has 1 saturated carbocycles. The van der Waals surface area contributed by atoms with E-state index >= 15 is 0 Å². The summed E-state index contributed by atoms with van der Waals surface area (Å²) in [6.07, 6.45) is 3.56. The smallest absolute Gasteiger partial charge is 0.254 e. The minimum atomic E-state index is 0.126. The van der Waals surface area contributed by atoms with Crippen LogP contribution in [0.4, 0.5) is 0 Å². The molecule has 2 unspecified atom stereocenters. The number of hydrogen-bond donors (Lipinski definition) is 0. The monoisotopic (exact) mass is 279 g/mol. The Balaban J connectivity index is 1.78. The number of fused-ring (bicyclic) bond motifs is 1. The minimum absolute atomic E-state index is 0.126. The van der Waals surface area contributed by atoms with Crippen LogP contribution in [0, 0.1) is 0 Å². The van der Waals surface area contributed by atoms with Crippen LogP contribution in [0.2, 0.25) is 0 Å². The van der Waals surface area contributed by atoms with E-state index in [4.69, 9.17) is 16.3 Å². The third-order valence-electron chi connectivity index (χ3n) is 4.10. The van der Waals surface area contributed by atoms with Gasteiger partial charge in [-0.2, -0.15) is 0 Å². The lowest BCUT2D eigenvalue weighted by atomic mass is 10.1. The van der Waals surface area contributed by atoms with Crippen molar-refractivity contribution < 1.29 is 9.53 Å². The summed E-state index contributed by atoms with van der Waals surface area (Å²) in [5.74, 6) is 0.609. The highest BCUT2D eigenvalue weighted by Crippen LogP contribution is 2.30. The van der Waals surface area contributed by atoms with Crippen LogP contribution in [0.15, 0.2) is 24.3 Å². The molecule has 1 heterocycles. The highest BCUT2D eigenvalue weighted by atomic mass is 35.5. The summed E-state index contributed by atoms with van der Waals surface area (Å²) in [6.45, 7) is 1.37. The second-order valence-corrected chi connectivity index (χ2v) is 5.50. The molecule has 19 heavy (non-hydrogen) atoms. The van der Waals surface area contributed by atoms with Crippen molar-refractivity contribution in [1.29, 1.82) is 0 Å². The first kappa shape index (κ1) is 12.9. The Morgan fingerprint density at radius 1 is 1.32 bits per heavy atom. The van der Waals surface area contributed by atoms with Gasteiger partial charge in [0.25, 0.3) is 5.91 Å². The number of nitrogens with zero attached hydrogens (tertiary/aromatic N) is 1. The Labute approximate surface area is 118 Å². The van der Waals surface area contributed by atoms with Crippen molar-refractivity contribution in [3.8, 4) is 0 Å². The van der Waals surface area contributed by atoms with Gasteiger partial charge in [0.15, 0.2) is 0 Å². The van der Waals surface area contributed by atoms with Gasteiger partial charge >= 0.3 is 0 Å². The number of ether oxygens (including phenoxy) is 1. The molecule has 1 aromatic carbocycles. The lowest BCUT2D eigenvalue weighted by molar-refractivity contribution is -0.0445. The van der Waals surface area contributed by atoms with E-state index in [2.05, 4.69) is 0 Å². The molecular weight excluding hydrogens is 262 g/mol. The molecule has 102 valence electrons. The van der Waals surface area contributed by atoms with Gasteiger partial charge in [-0.15, -0.1) is 11.6 Å². The maximum Gasteiger partial charge on any atom is 0.254 e. The number of halogens is 1. The summed E-state index contributed by atoms with van der Waals surface area (Å²) in [5, 5.41) is 0. The fourth-order valence-corrected chi connectivity index (χ4v) is 3.26. The van der Waals surface area contributed by atoms with E-state index in [-0.39, 0.29) is 18.1 Å². The van der Waals surface area contributed by atoms with Crippen molar-refractivity contribution >= 4 is 17.5 Å². The van der Waals surface area contributed by atoms with Crippen molar-refractivity contribution in [2.75, 3.05) is 13.2 Å². The number of morpholine rings is 1. The van der Waals surface area contributed by atoms with Crippen LogP contribution in [0.25, 0.3) is 0 Å². The van der Waals surface area contributed by atoms with E-state index in [0.29, 0.717) is 19.0 Å². The van der Waals surface area contributed by atoms with Crippen molar-refractivity contribution in [3.63, 3.8) is 0 Å². The largest absolute Gasteiger partial charge is 0.374 e. The molecule has 2 aliphatic rings. The molecule has 1 amide bonds. The van der Waals surface area contributed by atoms with E-state index in [1.165, 1.54) is 0 Å². The number of benzene rings is 1. The van der Waals surface area contributed by atoms with E-state index < -0.39 is 0 Å². The summed E-state index contributed by atoms with van der Waals surface area (Å²) in [5.41, 5.74) is 1.79. The topological polar surface area (TPSA) is 29.5 Å². The average Bonchev–Trinajstić information content (AvgIpc) is 2.95. The summed E-state index contributed by atoms with van der Waals surface area (Å²) >= 11 is 5.77. The summed E-state index contributed by atoms with van der Waals surface area (Å²) in [4.78, 5) is 14.6. The first-order valence-corrected chi connectivity index (χ1v) is 7.40. The van der Waals surface area contributed by atoms with Gasteiger partial charge in [-0.3, -0.25) is 4.79 Å². The molecule has 0 bridgehead atoms. The zero-order valence-electron chi connectivity index (χ0n) is 10.8. The molecule has 0 radical (unpaired) electrons. The van der Waals surface area contributed by atoms with E-state index in [1.807, 2.05) is 29.2 Å². The van der Waals surface area contributed by atoms with Crippen molar-refractivity contribution in [2.24, 2.45) is 0 Å². The second kappa shape index (κ2) is 5.51. The Morgan fingerprint density at radius 3 is 2.84 bits per heavy atom. The van der Waals surface area contributed by atoms with E-state index in [1.54, 1.807) is 0 Å². The molecule has 3 nitrogen and oxygen atoms in total. The number of carbonyl (C=O) groups excluding carboxylic acids is 1.